The van der Waals surface area contributed by atoms with Crippen LogP contribution in [0.25, 0.3) is 0 Å². The molecule has 0 aromatic heterocycles. The maximum Gasteiger partial charge on any atom is 0.0435 e. The summed E-state index contributed by atoms with van der Waals surface area (Å²) >= 11 is 5.99. The Hall–Kier alpha value is -0.490. The van der Waals surface area contributed by atoms with Gasteiger partial charge in [-0.05, 0) is 42.9 Å². The Balaban J connectivity index is 0.000000531. The van der Waals surface area contributed by atoms with Crippen LogP contribution in [-0.2, 0) is 0 Å². The van der Waals surface area contributed by atoms with Crippen LogP contribution >= 0.6 is 11.6 Å². The van der Waals surface area contributed by atoms with E-state index in [1.165, 1.54) is 36.8 Å². The highest BCUT2D eigenvalue weighted by Gasteiger charge is 2.16. The van der Waals surface area contributed by atoms with Gasteiger partial charge in [-0.3, -0.25) is 0 Å². The van der Waals surface area contributed by atoms with Gasteiger partial charge in [0, 0.05) is 5.02 Å². The molecule has 1 aromatic rings. The zero-order valence-corrected chi connectivity index (χ0v) is 10.8. The Morgan fingerprint density at radius 1 is 1.13 bits per heavy atom. The summed E-state index contributed by atoms with van der Waals surface area (Å²) in [5, 5.41) is 0.891. The SMILES string of the molecule is CC.Cc1cc(C2CCCC2)ccc1Cl. The van der Waals surface area contributed by atoms with Crippen LogP contribution in [0, 0.1) is 6.92 Å². The molecule has 0 bridgehead atoms. The molecular weight excluding hydrogens is 204 g/mol. The van der Waals surface area contributed by atoms with Gasteiger partial charge in [0.25, 0.3) is 0 Å². The maximum atomic E-state index is 5.99. The largest absolute Gasteiger partial charge is 0.0841 e. The van der Waals surface area contributed by atoms with Gasteiger partial charge in [0.15, 0.2) is 0 Å². The molecule has 0 aliphatic heterocycles. The van der Waals surface area contributed by atoms with Crippen molar-refractivity contribution in [1.29, 1.82) is 0 Å². The van der Waals surface area contributed by atoms with E-state index in [0.29, 0.717) is 0 Å². The van der Waals surface area contributed by atoms with Crippen LogP contribution in [0.1, 0.15) is 56.6 Å². The Bertz CT molecular complexity index is 298. The van der Waals surface area contributed by atoms with E-state index in [1.807, 2.05) is 19.9 Å². The van der Waals surface area contributed by atoms with Gasteiger partial charge < -0.3 is 0 Å². The second-order valence-electron chi connectivity index (χ2n) is 3.99. The van der Waals surface area contributed by atoms with Gasteiger partial charge in [0.2, 0.25) is 0 Å². The fourth-order valence-electron chi connectivity index (χ4n) is 2.18. The molecule has 0 nitrogen and oxygen atoms in total. The summed E-state index contributed by atoms with van der Waals surface area (Å²) in [5.41, 5.74) is 2.70. The van der Waals surface area contributed by atoms with Gasteiger partial charge in [0.05, 0.1) is 0 Å². The van der Waals surface area contributed by atoms with Crippen molar-refractivity contribution < 1.29 is 0 Å². The summed E-state index contributed by atoms with van der Waals surface area (Å²) < 4.78 is 0. The summed E-state index contributed by atoms with van der Waals surface area (Å²) in [7, 11) is 0. The van der Waals surface area contributed by atoms with Crippen molar-refractivity contribution in [3.8, 4) is 0 Å². The molecule has 1 fully saturated rings. The highest BCUT2D eigenvalue weighted by atomic mass is 35.5. The van der Waals surface area contributed by atoms with Crippen LogP contribution in [0.3, 0.4) is 0 Å². The number of aryl methyl sites for hydroxylation is 1. The average molecular weight is 225 g/mol. The molecule has 0 radical (unpaired) electrons. The number of hydrogen-bond acceptors (Lipinski definition) is 0. The van der Waals surface area contributed by atoms with Gasteiger partial charge in [0.1, 0.15) is 0 Å². The van der Waals surface area contributed by atoms with Gasteiger partial charge in [-0.1, -0.05) is 50.4 Å². The van der Waals surface area contributed by atoms with E-state index < -0.39 is 0 Å². The van der Waals surface area contributed by atoms with Gasteiger partial charge in [-0.25, -0.2) is 0 Å². The van der Waals surface area contributed by atoms with E-state index in [0.717, 1.165) is 10.9 Å². The normalized spacial score (nSPS) is 16.0. The van der Waals surface area contributed by atoms with E-state index in [2.05, 4.69) is 19.1 Å². The molecule has 1 aromatic carbocycles. The van der Waals surface area contributed by atoms with Crippen molar-refractivity contribution in [1.82, 2.24) is 0 Å². The number of rotatable bonds is 1. The summed E-state index contributed by atoms with van der Waals surface area (Å²) in [6, 6.07) is 6.47. The summed E-state index contributed by atoms with van der Waals surface area (Å²) in [5.74, 6) is 0.802. The lowest BCUT2D eigenvalue weighted by molar-refractivity contribution is 0.722. The van der Waals surface area contributed by atoms with Gasteiger partial charge >= 0.3 is 0 Å². The minimum Gasteiger partial charge on any atom is -0.0841 e. The molecule has 1 aliphatic rings. The van der Waals surface area contributed by atoms with Crippen LogP contribution in [-0.4, -0.2) is 0 Å². The van der Waals surface area contributed by atoms with E-state index in [1.54, 1.807) is 0 Å². The molecule has 0 N–H and O–H groups in total. The number of halogens is 1. The Labute approximate surface area is 98.7 Å². The second kappa shape index (κ2) is 6.17. The first kappa shape index (κ1) is 12.6. The predicted octanol–water partition coefficient (Wildman–Crippen LogP) is 5.33. The first-order chi connectivity index (χ1) is 7.27. The summed E-state index contributed by atoms with van der Waals surface area (Å²) in [6.07, 6.45) is 5.51. The van der Waals surface area contributed by atoms with Crippen LogP contribution in [0.5, 0.6) is 0 Å². The minimum absolute atomic E-state index is 0.802. The standard InChI is InChI=1S/C12H15Cl.C2H6/c1-9-8-11(6-7-12(9)13)10-4-2-3-5-10;1-2/h6-8,10H,2-5H2,1H3;1-2H3. The first-order valence-electron chi connectivity index (χ1n) is 6.03. The Morgan fingerprint density at radius 3 is 2.27 bits per heavy atom. The van der Waals surface area contributed by atoms with Gasteiger partial charge in [-0.2, -0.15) is 0 Å². The Morgan fingerprint density at radius 2 is 1.73 bits per heavy atom. The van der Waals surface area contributed by atoms with E-state index >= 15 is 0 Å². The number of benzene rings is 1. The van der Waals surface area contributed by atoms with Crippen LogP contribution in [0.4, 0.5) is 0 Å². The smallest absolute Gasteiger partial charge is 0.0435 e. The molecule has 0 heterocycles. The summed E-state index contributed by atoms with van der Waals surface area (Å²) in [4.78, 5) is 0. The monoisotopic (exact) mass is 224 g/mol. The predicted molar refractivity (Wildman–Crippen MR) is 68.7 cm³/mol. The van der Waals surface area contributed by atoms with Crippen molar-refractivity contribution in [3.05, 3.63) is 34.3 Å². The van der Waals surface area contributed by atoms with Crippen molar-refractivity contribution in [3.63, 3.8) is 0 Å². The topological polar surface area (TPSA) is 0 Å². The van der Waals surface area contributed by atoms with Crippen LogP contribution in [0.15, 0.2) is 18.2 Å². The molecular formula is C14H21Cl. The average Bonchev–Trinajstić information content (AvgIpc) is 2.78. The summed E-state index contributed by atoms with van der Waals surface area (Å²) in [6.45, 7) is 6.08. The van der Waals surface area contributed by atoms with Crippen molar-refractivity contribution >= 4 is 11.6 Å². The third-order valence-electron chi connectivity index (χ3n) is 3.01. The van der Waals surface area contributed by atoms with Crippen molar-refractivity contribution in [2.45, 2.75) is 52.4 Å². The number of hydrogen-bond donors (Lipinski definition) is 0. The lowest BCUT2D eigenvalue weighted by atomic mass is 9.96. The molecule has 1 aliphatic carbocycles. The molecule has 0 amide bonds. The van der Waals surface area contributed by atoms with Crippen molar-refractivity contribution in [2.75, 3.05) is 0 Å². The fourth-order valence-corrected chi connectivity index (χ4v) is 2.30. The molecule has 0 saturated heterocycles. The first-order valence-corrected chi connectivity index (χ1v) is 6.41. The minimum atomic E-state index is 0.802. The lowest BCUT2D eigenvalue weighted by Gasteiger charge is -2.10. The van der Waals surface area contributed by atoms with Crippen LogP contribution in [0.2, 0.25) is 5.02 Å². The van der Waals surface area contributed by atoms with Crippen LogP contribution < -0.4 is 0 Å². The molecule has 0 atom stereocenters. The molecule has 1 heteroatoms. The second-order valence-corrected chi connectivity index (χ2v) is 4.40. The van der Waals surface area contributed by atoms with E-state index in [4.69, 9.17) is 11.6 Å². The third kappa shape index (κ3) is 3.24. The third-order valence-corrected chi connectivity index (χ3v) is 3.43. The molecule has 0 unspecified atom stereocenters. The molecule has 0 spiro atoms. The van der Waals surface area contributed by atoms with Gasteiger partial charge in [-0.15, -0.1) is 0 Å². The molecule has 15 heavy (non-hydrogen) atoms. The zero-order chi connectivity index (χ0) is 11.3. The quantitative estimate of drug-likeness (QED) is 0.605. The zero-order valence-electron chi connectivity index (χ0n) is 10.0. The van der Waals surface area contributed by atoms with Crippen molar-refractivity contribution in [2.24, 2.45) is 0 Å². The molecule has 1 saturated carbocycles. The maximum absolute atomic E-state index is 5.99. The highest BCUT2D eigenvalue weighted by molar-refractivity contribution is 6.31. The van der Waals surface area contributed by atoms with E-state index in [9.17, 15) is 0 Å². The fraction of sp³-hybridized carbons (Fsp3) is 0.571. The Kier molecular flexibility index (Phi) is 5.17. The van der Waals surface area contributed by atoms with E-state index in [-0.39, 0.29) is 0 Å². The molecule has 84 valence electrons. The molecule has 2 rings (SSSR count). The highest BCUT2D eigenvalue weighted by Crippen LogP contribution is 2.35. The lowest BCUT2D eigenvalue weighted by Crippen LogP contribution is -1.92.